The molecule has 0 saturated heterocycles. The Morgan fingerprint density at radius 1 is 1.62 bits per heavy atom. The molecule has 0 heterocycles. The molecule has 76 valence electrons. The van der Waals surface area contributed by atoms with E-state index in [-0.39, 0.29) is 11.9 Å². The lowest BCUT2D eigenvalue weighted by molar-refractivity contribution is -0.127. The van der Waals surface area contributed by atoms with Crippen molar-refractivity contribution in [2.45, 2.75) is 45.1 Å². The fraction of sp³-hybridized carbons (Fsp3) is 0.900. The lowest BCUT2D eigenvalue weighted by Crippen LogP contribution is -2.35. The number of nitrogens with two attached hydrogens (primary N) is 1. The molecule has 1 unspecified atom stereocenters. The van der Waals surface area contributed by atoms with Gasteiger partial charge < -0.3 is 11.1 Å². The van der Waals surface area contributed by atoms with E-state index in [1.807, 2.05) is 6.92 Å². The maximum Gasteiger partial charge on any atom is 0.223 e. The first-order chi connectivity index (χ1) is 6.20. The van der Waals surface area contributed by atoms with E-state index in [1.165, 1.54) is 6.42 Å². The van der Waals surface area contributed by atoms with Crippen LogP contribution in [0.3, 0.4) is 0 Å². The van der Waals surface area contributed by atoms with Gasteiger partial charge in [-0.1, -0.05) is 6.42 Å². The van der Waals surface area contributed by atoms with Crippen LogP contribution in [0.1, 0.15) is 39.0 Å². The number of carbonyl (C=O) groups is 1. The molecular formula is C10H20N2O. The largest absolute Gasteiger partial charge is 0.356 e. The summed E-state index contributed by atoms with van der Waals surface area (Å²) in [5.41, 5.74) is 5.59. The topological polar surface area (TPSA) is 55.1 Å². The molecule has 1 aliphatic rings. The maximum atomic E-state index is 11.3. The number of nitrogens with one attached hydrogen (secondary N) is 1. The van der Waals surface area contributed by atoms with E-state index >= 15 is 0 Å². The van der Waals surface area contributed by atoms with Gasteiger partial charge in [-0.15, -0.1) is 0 Å². The predicted octanol–water partition coefficient (Wildman–Crippen LogP) is 1.03. The second-order valence-corrected chi connectivity index (χ2v) is 4.04. The number of carbonyl (C=O) groups excluding carboxylic acids is 1. The van der Waals surface area contributed by atoms with Gasteiger partial charge in [0.05, 0.1) is 0 Å². The van der Waals surface area contributed by atoms with Crippen LogP contribution in [0.5, 0.6) is 0 Å². The highest BCUT2D eigenvalue weighted by Gasteiger charge is 2.24. The molecule has 3 nitrogen and oxygen atoms in total. The van der Waals surface area contributed by atoms with Crippen LogP contribution in [0.2, 0.25) is 0 Å². The molecule has 0 aromatic carbocycles. The summed E-state index contributed by atoms with van der Waals surface area (Å²) in [7, 11) is 0. The van der Waals surface area contributed by atoms with Gasteiger partial charge in [-0.05, 0) is 32.6 Å². The van der Waals surface area contributed by atoms with Crippen LogP contribution in [-0.4, -0.2) is 18.5 Å². The van der Waals surface area contributed by atoms with Gasteiger partial charge in [0.25, 0.3) is 0 Å². The average molecular weight is 184 g/mol. The van der Waals surface area contributed by atoms with Gasteiger partial charge in [0, 0.05) is 18.5 Å². The molecule has 0 aromatic rings. The van der Waals surface area contributed by atoms with Crippen molar-refractivity contribution in [1.29, 1.82) is 0 Å². The van der Waals surface area contributed by atoms with Crippen molar-refractivity contribution in [3.05, 3.63) is 0 Å². The van der Waals surface area contributed by atoms with Gasteiger partial charge in [0.1, 0.15) is 0 Å². The molecule has 0 bridgehead atoms. The Labute approximate surface area is 80.1 Å². The van der Waals surface area contributed by atoms with E-state index in [1.54, 1.807) is 0 Å². The first-order valence-corrected chi connectivity index (χ1v) is 5.23. The molecule has 1 fully saturated rings. The Hall–Kier alpha value is -0.570. The van der Waals surface area contributed by atoms with Crippen LogP contribution >= 0.6 is 0 Å². The van der Waals surface area contributed by atoms with Crippen LogP contribution < -0.4 is 11.1 Å². The van der Waals surface area contributed by atoms with Gasteiger partial charge in [-0.3, -0.25) is 4.79 Å². The van der Waals surface area contributed by atoms with E-state index in [0.29, 0.717) is 5.92 Å². The summed E-state index contributed by atoms with van der Waals surface area (Å²) in [6, 6.07) is 0.251. The Morgan fingerprint density at radius 3 is 2.77 bits per heavy atom. The summed E-state index contributed by atoms with van der Waals surface area (Å²) in [5, 5.41) is 2.95. The average Bonchev–Trinajstić information content (AvgIpc) is 1.94. The molecule has 0 spiro atoms. The summed E-state index contributed by atoms with van der Waals surface area (Å²) in [6.45, 7) is 2.78. The van der Waals surface area contributed by atoms with Crippen LogP contribution in [0.4, 0.5) is 0 Å². The zero-order chi connectivity index (χ0) is 9.68. The normalized spacial score (nSPS) is 19.2. The predicted molar refractivity (Wildman–Crippen MR) is 53.2 cm³/mol. The van der Waals surface area contributed by atoms with Crippen molar-refractivity contribution in [2.24, 2.45) is 11.7 Å². The SMILES string of the molecule is CC(N)CCCNC(=O)C1CCC1. The third kappa shape index (κ3) is 3.77. The molecule has 3 N–H and O–H groups in total. The minimum atomic E-state index is 0.246. The Bertz CT molecular complexity index is 164. The van der Waals surface area contributed by atoms with Gasteiger partial charge in [-0.2, -0.15) is 0 Å². The van der Waals surface area contributed by atoms with Crippen molar-refractivity contribution in [3.8, 4) is 0 Å². The summed E-state index contributed by atoms with van der Waals surface area (Å²) >= 11 is 0. The molecule has 1 rings (SSSR count). The summed E-state index contributed by atoms with van der Waals surface area (Å²) in [4.78, 5) is 11.3. The van der Waals surface area contributed by atoms with Crippen LogP contribution in [-0.2, 0) is 4.79 Å². The number of hydrogen-bond donors (Lipinski definition) is 2. The van der Waals surface area contributed by atoms with Crippen molar-refractivity contribution in [1.82, 2.24) is 5.32 Å². The first kappa shape index (κ1) is 10.5. The molecular weight excluding hydrogens is 164 g/mol. The van der Waals surface area contributed by atoms with Gasteiger partial charge >= 0.3 is 0 Å². The van der Waals surface area contributed by atoms with Gasteiger partial charge in [0.2, 0.25) is 5.91 Å². The molecule has 3 heteroatoms. The van der Waals surface area contributed by atoms with Crippen molar-refractivity contribution < 1.29 is 4.79 Å². The quantitative estimate of drug-likeness (QED) is 0.627. The van der Waals surface area contributed by atoms with E-state index < -0.39 is 0 Å². The van der Waals surface area contributed by atoms with E-state index in [2.05, 4.69) is 5.32 Å². The minimum Gasteiger partial charge on any atom is -0.356 e. The van der Waals surface area contributed by atoms with Crippen LogP contribution in [0.15, 0.2) is 0 Å². The summed E-state index contributed by atoms with van der Waals surface area (Å²) in [5.74, 6) is 0.561. The van der Waals surface area contributed by atoms with Crippen molar-refractivity contribution in [2.75, 3.05) is 6.54 Å². The smallest absolute Gasteiger partial charge is 0.223 e. The molecule has 1 atom stereocenters. The van der Waals surface area contributed by atoms with Crippen LogP contribution in [0.25, 0.3) is 0 Å². The third-order valence-electron chi connectivity index (χ3n) is 2.61. The van der Waals surface area contributed by atoms with Crippen molar-refractivity contribution >= 4 is 5.91 Å². The van der Waals surface area contributed by atoms with Gasteiger partial charge in [0.15, 0.2) is 0 Å². The van der Waals surface area contributed by atoms with E-state index in [9.17, 15) is 4.79 Å². The molecule has 1 amide bonds. The van der Waals surface area contributed by atoms with Gasteiger partial charge in [-0.25, -0.2) is 0 Å². The lowest BCUT2D eigenvalue weighted by atomic mass is 9.85. The Balaban J connectivity index is 1.95. The first-order valence-electron chi connectivity index (χ1n) is 5.23. The number of hydrogen-bond acceptors (Lipinski definition) is 2. The lowest BCUT2D eigenvalue weighted by Gasteiger charge is -2.24. The zero-order valence-corrected chi connectivity index (χ0v) is 8.38. The second-order valence-electron chi connectivity index (χ2n) is 4.04. The monoisotopic (exact) mass is 184 g/mol. The highest BCUT2D eigenvalue weighted by Crippen LogP contribution is 2.25. The maximum absolute atomic E-state index is 11.3. The third-order valence-corrected chi connectivity index (χ3v) is 2.61. The molecule has 1 aliphatic carbocycles. The highest BCUT2D eigenvalue weighted by atomic mass is 16.1. The van der Waals surface area contributed by atoms with Crippen LogP contribution in [0, 0.1) is 5.92 Å². The summed E-state index contributed by atoms with van der Waals surface area (Å²) < 4.78 is 0. The standard InChI is InChI=1S/C10H20N2O/c1-8(11)4-3-7-12-10(13)9-5-2-6-9/h8-9H,2-7,11H2,1H3,(H,12,13). The summed E-state index contributed by atoms with van der Waals surface area (Å²) in [6.07, 6.45) is 5.37. The number of amides is 1. The van der Waals surface area contributed by atoms with E-state index in [4.69, 9.17) is 5.73 Å². The van der Waals surface area contributed by atoms with E-state index in [0.717, 1.165) is 32.2 Å². The molecule has 0 aromatic heterocycles. The Morgan fingerprint density at radius 2 is 2.31 bits per heavy atom. The second kappa shape index (κ2) is 5.22. The van der Waals surface area contributed by atoms with Crippen molar-refractivity contribution in [3.63, 3.8) is 0 Å². The Kier molecular flexibility index (Phi) is 4.22. The molecule has 0 aliphatic heterocycles. The fourth-order valence-electron chi connectivity index (χ4n) is 1.45. The molecule has 0 radical (unpaired) electrons. The fourth-order valence-corrected chi connectivity index (χ4v) is 1.45. The number of rotatable bonds is 5. The zero-order valence-electron chi connectivity index (χ0n) is 8.38. The molecule has 13 heavy (non-hydrogen) atoms. The highest BCUT2D eigenvalue weighted by molar-refractivity contribution is 5.79. The minimum absolute atomic E-state index is 0.246. The molecule has 1 saturated carbocycles.